The summed E-state index contributed by atoms with van der Waals surface area (Å²) >= 11 is 0. The Hall–Kier alpha value is -0.300. The maximum absolute atomic E-state index is 9.32. The lowest BCUT2D eigenvalue weighted by Crippen LogP contribution is -2.10. The molecule has 84 valence electrons. The van der Waals surface area contributed by atoms with Gasteiger partial charge in [0.25, 0.3) is 0 Å². The SMILES string of the molecule is CCC(O)C=CCC(C)CC(C)(C)C. The summed E-state index contributed by atoms with van der Waals surface area (Å²) in [5, 5.41) is 9.32. The van der Waals surface area contributed by atoms with Crippen LogP contribution in [0.15, 0.2) is 12.2 Å². The molecule has 0 bridgehead atoms. The van der Waals surface area contributed by atoms with Crippen molar-refractivity contribution < 1.29 is 5.11 Å². The smallest absolute Gasteiger partial charge is 0.0718 e. The van der Waals surface area contributed by atoms with E-state index in [9.17, 15) is 5.11 Å². The quantitative estimate of drug-likeness (QED) is 0.667. The first kappa shape index (κ1) is 13.7. The minimum absolute atomic E-state index is 0.253. The average Bonchev–Trinajstić information content (AvgIpc) is 2.00. The Morgan fingerprint density at radius 2 is 1.86 bits per heavy atom. The van der Waals surface area contributed by atoms with Crippen molar-refractivity contribution in [1.82, 2.24) is 0 Å². The molecule has 0 radical (unpaired) electrons. The zero-order valence-corrected chi connectivity index (χ0v) is 10.4. The van der Waals surface area contributed by atoms with Crippen molar-refractivity contribution >= 4 is 0 Å². The van der Waals surface area contributed by atoms with Gasteiger partial charge in [-0.25, -0.2) is 0 Å². The second-order valence-corrected chi connectivity index (χ2v) is 5.51. The standard InChI is InChI=1S/C13H26O/c1-6-12(14)9-7-8-11(2)10-13(3,4)5/h7,9,11-12,14H,6,8,10H2,1-5H3. The van der Waals surface area contributed by atoms with Crippen molar-refractivity contribution in [3.05, 3.63) is 12.2 Å². The Morgan fingerprint density at radius 3 is 2.29 bits per heavy atom. The van der Waals surface area contributed by atoms with E-state index < -0.39 is 0 Å². The van der Waals surface area contributed by atoms with E-state index in [0.29, 0.717) is 11.3 Å². The van der Waals surface area contributed by atoms with E-state index in [1.807, 2.05) is 13.0 Å². The van der Waals surface area contributed by atoms with E-state index in [4.69, 9.17) is 0 Å². The van der Waals surface area contributed by atoms with E-state index in [2.05, 4.69) is 33.8 Å². The van der Waals surface area contributed by atoms with Crippen LogP contribution in [0.3, 0.4) is 0 Å². The highest BCUT2D eigenvalue weighted by atomic mass is 16.3. The Morgan fingerprint density at radius 1 is 1.29 bits per heavy atom. The summed E-state index contributed by atoms with van der Waals surface area (Å²) in [6.45, 7) is 11.1. The zero-order chi connectivity index (χ0) is 11.2. The molecule has 0 aliphatic heterocycles. The molecule has 2 atom stereocenters. The topological polar surface area (TPSA) is 20.2 Å². The first-order chi connectivity index (χ1) is 6.35. The van der Waals surface area contributed by atoms with Gasteiger partial charge < -0.3 is 5.11 Å². The molecule has 0 aliphatic rings. The lowest BCUT2D eigenvalue weighted by atomic mass is 9.84. The summed E-state index contributed by atoms with van der Waals surface area (Å²) in [4.78, 5) is 0. The molecule has 0 fully saturated rings. The number of hydrogen-bond donors (Lipinski definition) is 1. The van der Waals surface area contributed by atoms with Crippen LogP contribution in [-0.2, 0) is 0 Å². The molecule has 0 heterocycles. The normalized spacial score (nSPS) is 17.3. The first-order valence-corrected chi connectivity index (χ1v) is 5.70. The van der Waals surface area contributed by atoms with Crippen LogP contribution in [0.5, 0.6) is 0 Å². The largest absolute Gasteiger partial charge is 0.389 e. The Kier molecular flexibility index (Phi) is 6.10. The van der Waals surface area contributed by atoms with Gasteiger partial charge in [0.15, 0.2) is 0 Å². The fourth-order valence-electron chi connectivity index (χ4n) is 1.73. The van der Waals surface area contributed by atoms with Gasteiger partial charge in [-0.05, 0) is 30.6 Å². The third kappa shape index (κ3) is 8.31. The van der Waals surface area contributed by atoms with Crippen molar-refractivity contribution in [2.24, 2.45) is 11.3 Å². The van der Waals surface area contributed by atoms with Crippen molar-refractivity contribution in [3.63, 3.8) is 0 Å². The maximum Gasteiger partial charge on any atom is 0.0718 e. The number of allylic oxidation sites excluding steroid dienone is 1. The highest BCUT2D eigenvalue weighted by Crippen LogP contribution is 2.26. The van der Waals surface area contributed by atoms with Gasteiger partial charge in [0.2, 0.25) is 0 Å². The molecule has 0 amide bonds. The highest BCUT2D eigenvalue weighted by molar-refractivity contribution is 4.89. The van der Waals surface area contributed by atoms with Crippen LogP contribution in [0, 0.1) is 11.3 Å². The van der Waals surface area contributed by atoms with Crippen molar-refractivity contribution in [2.45, 2.75) is 60.0 Å². The van der Waals surface area contributed by atoms with Gasteiger partial charge in [-0.3, -0.25) is 0 Å². The summed E-state index contributed by atoms with van der Waals surface area (Å²) in [6, 6.07) is 0. The summed E-state index contributed by atoms with van der Waals surface area (Å²) in [6.07, 6.45) is 6.90. The van der Waals surface area contributed by atoms with Gasteiger partial charge in [0.05, 0.1) is 6.10 Å². The van der Waals surface area contributed by atoms with Crippen LogP contribution >= 0.6 is 0 Å². The third-order valence-electron chi connectivity index (χ3n) is 2.28. The average molecular weight is 198 g/mol. The van der Waals surface area contributed by atoms with Gasteiger partial charge in [0, 0.05) is 0 Å². The Labute approximate surface area is 89.2 Å². The van der Waals surface area contributed by atoms with Crippen molar-refractivity contribution in [3.8, 4) is 0 Å². The van der Waals surface area contributed by atoms with Crippen LogP contribution in [-0.4, -0.2) is 11.2 Å². The number of rotatable bonds is 5. The third-order valence-corrected chi connectivity index (χ3v) is 2.28. The number of hydrogen-bond acceptors (Lipinski definition) is 1. The molecule has 1 N–H and O–H groups in total. The van der Waals surface area contributed by atoms with E-state index in [1.165, 1.54) is 6.42 Å². The molecule has 0 rings (SSSR count). The monoisotopic (exact) mass is 198 g/mol. The molecule has 0 saturated heterocycles. The summed E-state index contributed by atoms with van der Waals surface area (Å²) in [5.41, 5.74) is 0.413. The van der Waals surface area contributed by atoms with Gasteiger partial charge in [-0.1, -0.05) is 46.8 Å². The highest BCUT2D eigenvalue weighted by Gasteiger charge is 2.13. The lowest BCUT2D eigenvalue weighted by molar-refractivity contribution is 0.218. The number of aliphatic hydroxyl groups is 1. The van der Waals surface area contributed by atoms with Crippen LogP contribution < -0.4 is 0 Å². The van der Waals surface area contributed by atoms with Crippen LogP contribution in [0.25, 0.3) is 0 Å². The van der Waals surface area contributed by atoms with Gasteiger partial charge in [0.1, 0.15) is 0 Å². The molecular formula is C13H26O. The molecule has 2 unspecified atom stereocenters. The van der Waals surface area contributed by atoms with Crippen LogP contribution in [0.4, 0.5) is 0 Å². The Balaban J connectivity index is 3.74. The summed E-state index contributed by atoms with van der Waals surface area (Å²) < 4.78 is 0. The Bertz CT molecular complexity index is 165. The zero-order valence-electron chi connectivity index (χ0n) is 10.4. The maximum atomic E-state index is 9.32. The van der Waals surface area contributed by atoms with E-state index >= 15 is 0 Å². The van der Waals surface area contributed by atoms with Gasteiger partial charge in [-0.15, -0.1) is 0 Å². The van der Waals surface area contributed by atoms with Gasteiger partial charge in [-0.2, -0.15) is 0 Å². The minimum atomic E-state index is -0.253. The fraction of sp³-hybridized carbons (Fsp3) is 0.846. The van der Waals surface area contributed by atoms with Crippen molar-refractivity contribution in [1.29, 1.82) is 0 Å². The fourth-order valence-corrected chi connectivity index (χ4v) is 1.73. The summed E-state index contributed by atoms with van der Waals surface area (Å²) in [7, 11) is 0. The molecule has 14 heavy (non-hydrogen) atoms. The predicted molar refractivity (Wildman–Crippen MR) is 63.3 cm³/mol. The lowest BCUT2D eigenvalue weighted by Gasteiger charge is -2.22. The summed E-state index contributed by atoms with van der Waals surface area (Å²) in [5.74, 6) is 0.704. The first-order valence-electron chi connectivity index (χ1n) is 5.70. The molecule has 0 aromatic heterocycles. The molecular weight excluding hydrogens is 172 g/mol. The molecule has 1 heteroatoms. The van der Waals surface area contributed by atoms with E-state index in [1.54, 1.807) is 0 Å². The van der Waals surface area contributed by atoms with Gasteiger partial charge >= 0.3 is 0 Å². The minimum Gasteiger partial charge on any atom is -0.389 e. The molecule has 0 aliphatic carbocycles. The predicted octanol–water partition coefficient (Wildman–Crippen LogP) is 3.78. The molecule has 0 aromatic carbocycles. The second-order valence-electron chi connectivity index (χ2n) is 5.51. The van der Waals surface area contributed by atoms with Crippen LogP contribution in [0.1, 0.15) is 53.9 Å². The van der Waals surface area contributed by atoms with Crippen molar-refractivity contribution in [2.75, 3.05) is 0 Å². The second kappa shape index (κ2) is 6.23. The molecule has 0 saturated carbocycles. The van der Waals surface area contributed by atoms with E-state index in [-0.39, 0.29) is 6.10 Å². The number of aliphatic hydroxyl groups excluding tert-OH is 1. The molecule has 0 spiro atoms. The van der Waals surface area contributed by atoms with Crippen LogP contribution in [0.2, 0.25) is 0 Å². The molecule has 0 aromatic rings. The van der Waals surface area contributed by atoms with E-state index in [0.717, 1.165) is 12.8 Å². The molecule has 1 nitrogen and oxygen atoms in total.